The number of nitrogens with one attached hydrogen (secondary N) is 2. The van der Waals surface area contributed by atoms with Gasteiger partial charge in [-0.3, -0.25) is 9.59 Å². The molecular formula is C18H16F2N2O4. The second kappa shape index (κ2) is 7.38. The van der Waals surface area contributed by atoms with Gasteiger partial charge in [-0.2, -0.15) is 0 Å². The van der Waals surface area contributed by atoms with Crippen molar-refractivity contribution < 1.29 is 27.8 Å². The van der Waals surface area contributed by atoms with Crippen molar-refractivity contribution in [1.29, 1.82) is 0 Å². The first-order chi connectivity index (χ1) is 12.4. The van der Waals surface area contributed by atoms with Crippen LogP contribution in [0.2, 0.25) is 0 Å². The number of carbonyl (C=O) groups is 2. The molecule has 3 rings (SSSR count). The monoisotopic (exact) mass is 362 g/mol. The third-order valence-corrected chi connectivity index (χ3v) is 3.87. The van der Waals surface area contributed by atoms with Crippen molar-refractivity contribution in [3.63, 3.8) is 0 Å². The third-order valence-electron chi connectivity index (χ3n) is 3.87. The Hall–Kier alpha value is -3.16. The summed E-state index contributed by atoms with van der Waals surface area (Å²) in [4.78, 5) is 24.1. The van der Waals surface area contributed by atoms with Crippen LogP contribution in [0.5, 0.6) is 11.5 Å². The van der Waals surface area contributed by atoms with Crippen LogP contribution in [0, 0.1) is 11.6 Å². The van der Waals surface area contributed by atoms with Gasteiger partial charge in [-0.25, -0.2) is 8.78 Å². The van der Waals surface area contributed by atoms with Crippen molar-refractivity contribution in [2.45, 2.75) is 13.0 Å². The van der Waals surface area contributed by atoms with Crippen LogP contribution in [0.1, 0.15) is 28.9 Å². The van der Waals surface area contributed by atoms with Crippen molar-refractivity contribution >= 4 is 11.8 Å². The van der Waals surface area contributed by atoms with Gasteiger partial charge in [0.05, 0.1) is 12.6 Å². The fraction of sp³-hybridized carbons (Fsp3) is 0.222. The zero-order valence-corrected chi connectivity index (χ0v) is 13.8. The smallest absolute Gasteiger partial charge is 0.251 e. The van der Waals surface area contributed by atoms with E-state index in [1.807, 2.05) is 0 Å². The molecule has 0 saturated heterocycles. The van der Waals surface area contributed by atoms with E-state index in [1.54, 1.807) is 19.1 Å². The van der Waals surface area contributed by atoms with E-state index in [4.69, 9.17) is 9.47 Å². The number of hydrogen-bond acceptors (Lipinski definition) is 4. The molecule has 8 heteroatoms. The van der Waals surface area contributed by atoms with Gasteiger partial charge in [0.1, 0.15) is 0 Å². The fourth-order valence-corrected chi connectivity index (χ4v) is 2.46. The molecule has 0 aromatic heterocycles. The van der Waals surface area contributed by atoms with E-state index in [0.717, 1.165) is 12.1 Å². The van der Waals surface area contributed by atoms with Gasteiger partial charge < -0.3 is 20.1 Å². The molecule has 6 nitrogen and oxygen atoms in total. The normalized spacial score (nSPS) is 13.2. The number of fused-ring (bicyclic) bond motifs is 1. The van der Waals surface area contributed by atoms with Gasteiger partial charge in [0.2, 0.25) is 12.7 Å². The lowest BCUT2D eigenvalue weighted by molar-refractivity contribution is -0.120. The van der Waals surface area contributed by atoms with Gasteiger partial charge in [-0.15, -0.1) is 0 Å². The van der Waals surface area contributed by atoms with Crippen molar-refractivity contribution in [2.75, 3.05) is 13.3 Å². The number of halogens is 2. The molecular weight excluding hydrogens is 346 g/mol. The second-order valence-electron chi connectivity index (χ2n) is 5.71. The molecule has 2 aromatic carbocycles. The fourth-order valence-electron chi connectivity index (χ4n) is 2.46. The van der Waals surface area contributed by atoms with E-state index in [1.165, 1.54) is 12.1 Å². The van der Waals surface area contributed by atoms with Gasteiger partial charge in [-0.1, -0.05) is 6.07 Å². The summed E-state index contributed by atoms with van der Waals surface area (Å²) >= 11 is 0. The Bertz CT molecular complexity index is 857. The van der Waals surface area contributed by atoms with Crippen molar-refractivity contribution in [2.24, 2.45) is 0 Å². The minimum absolute atomic E-state index is 0.102. The molecule has 26 heavy (non-hydrogen) atoms. The van der Waals surface area contributed by atoms with Crippen molar-refractivity contribution in [3.05, 3.63) is 59.2 Å². The summed E-state index contributed by atoms with van der Waals surface area (Å²) in [6.07, 6.45) is 0. The quantitative estimate of drug-likeness (QED) is 0.856. The van der Waals surface area contributed by atoms with Gasteiger partial charge in [0, 0.05) is 5.56 Å². The lowest BCUT2D eigenvalue weighted by Crippen LogP contribution is -2.38. The van der Waals surface area contributed by atoms with E-state index in [9.17, 15) is 18.4 Å². The molecule has 1 atom stereocenters. The topological polar surface area (TPSA) is 76.7 Å². The zero-order chi connectivity index (χ0) is 18.7. The summed E-state index contributed by atoms with van der Waals surface area (Å²) in [5.41, 5.74) is 0.745. The van der Waals surface area contributed by atoms with Crippen LogP contribution in [0.25, 0.3) is 0 Å². The SMILES string of the molecule is C[C@H](NC(=O)CNC(=O)c1ccc2c(c1)OCO2)c1ccc(F)c(F)c1. The minimum atomic E-state index is -0.986. The van der Waals surface area contributed by atoms with Gasteiger partial charge in [0.25, 0.3) is 5.91 Å². The lowest BCUT2D eigenvalue weighted by Gasteiger charge is -2.15. The maximum absolute atomic E-state index is 13.2. The molecule has 0 fully saturated rings. The first-order valence-electron chi connectivity index (χ1n) is 7.86. The average Bonchev–Trinajstić information content (AvgIpc) is 3.09. The Morgan fingerprint density at radius 1 is 1.08 bits per heavy atom. The maximum Gasteiger partial charge on any atom is 0.251 e. The number of hydrogen-bond donors (Lipinski definition) is 2. The number of rotatable bonds is 5. The number of carbonyl (C=O) groups excluding carboxylic acids is 2. The summed E-state index contributed by atoms with van der Waals surface area (Å²) in [5, 5.41) is 5.09. The Balaban J connectivity index is 1.53. The van der Waals surface area contributed by atoms with Crippen LogP contribution in [-0.2, 0) is 4.79 Å². The van der Waals surface area contributed by atoms with Crippen molar-refractivity contribution in [1.82, 2.24) is 10.6 Å². The molecule has 1 heterocycles. The highest BCUT2D eigenvalue weighted by molar-refractivity contribution is 5.97. The third kappa shape index (κ3) is 3.90. The Morgan fingerprint density at radius 3 is 2.62 bits per heavy atom. The van der Waals surface area contributed by atoms with E-state index in [0.29, 0.717) is 22.6 Å². The van der Waals surface area contributed by atoms with Gasteiger partial charge in [-0.05, 0) is 42.8 Å². The maximum atomic E-state index is 13.2. The highest BCUT2D eigenvalue weighted by Gasteiger charge is 2.17. The molecule has 2 N–H and O–H groups in total. The summed E-state index contributed by atoms with van der Waals surface area (Å²) in [5.74, 6) is -1.83. The molecule has 0 radical (unpaired) electrons. The molecule has 136 valence electrons. The molecule has 0 saturated carbocycles. The summed E-state index contributed by atoms with van der Waals surface area (Å²) in [6.45, 7) is 1.47. The Morgan fingerprint density at radius 2 is 1.85 bits per heavy atom. The summed E-state index contributed by atoms with van der Waals surface area (Å²) in [7, 11) is 0. The Labute approximate surface area is 148 Å². The van der Waals surface area contributed by atoms with E-state index < -0.39 is 29.5 Å². The summed E-state index contributed by atoms with van der Waals surface area (Å²) < 4.78 is 36.6. The highest BCUT2D eigenvalue weighted by Crippen LogP contribution is 2.32. The van der Waals surface area contributed by atoms with Crippen LogP contribution in [-0.4, -0.2) is 25.2 Å². The molecule has 0 aliphatic carbocycles. The van der Waals surface area contributed by atoms with Gasteiger partial charge in [0.15, 0.2) is 23.1 Å². The molecule has 0 spiro atoms. The first kappa shape index (κ1) is 17.7. The van der Waals surface area contributed by atoms with Crippen LogP contribution in [0.4, 0.5) is 8.78 Å². The second-order valence-corrected chi connectivity index (χ2v) is 5.71. The van der Waals surface area contributed by atoms with Gasteiger partial charge >= 0.3 is 0 Å². The van der Waals surface area contributed by atoms with Crippen LogP contribution >= 0.6 is 0 Å². The lowest BCUT2D eigenvalue weighted by atomic mass is 10.1. The number of ether oxygens (including phenoxy) is 2. The number of amides is 2. The molecule has 2 aromatic rings. The van der Waals surface area contributed by atoms with Crippen LogP contribution in [0.15, 0.2) is 36.4 Å². The number of benzene rings is 2. The largest absolute Gasteiger partial charge is 0.454 e. The predicted octanol–water partition coefficient (Wildman–Crippen LogP) is 2.30. The van der Waals surface area contributed by atoms with E-state index >= 15 is 0 Å². The molecule has 0 bridgehead atoms. The van der Waals surface area contributed by atoms with Crippen molar-refractivity contribution in [3.8, 4) is 11.5 Å². The minimum Gasteiger partial charge on any atom is -0.454 e. The standard InChI is InChI=1S/C18H16F2N2O4/c1-10(11-2-4-13(19)14(20)6-11)22-17(23)8-21-18(24)12-3-5-15-16(7-12)26-9-25-15/h2-7,10H,8-9H2,1H3,(H,21,24)(H,22,23)/t10-/m0/s1. The predicted molar refractivity (Wildman–Crippen MR) is 87.8 cm³/mol. The molecule has 2 amide bonds. The molecule has 1 aliphatic heterocycles. The molecule has 0 unspecified atom stereocenters. The zero-order valence-electron chi connectivity index (χ0n) is 13.8. The average molecular weight is 362 g/mol. The highest BCUT2D eigenvalue weighted by atomic mass is 19.2. The molecule has 1 aliphatic rings. The van der Waals surface area contributed by atoms with Crippen LogP contribution < -0.4 is 20.1 Å². The van der Waals surface area contributed by atoms with E-state index in [-0.39, 0.29) is 13.3 Å². The summed E-state index contributed by atoms with van der Waals surface area (Å²) in [6, 6.07) is 7.56. The van der Waals surface area contributed by atoms with E-state index in [2.05, 4.69) is 10.6 Å². The Kier molecular flexibility index (Phi) is 5.01. The van der Waals surface area contributed by atoms with Crippen LogP contribution in [0.3, 0.4) is 0 Å². The first-order valence-corrected chi connectivity index (χ1v) is 7.86.